The maximum atomic E-state index is 11.8. The number of hydrogen-bond acceptors (Lipinski definition) is 4. The molecular weight excluding hydrogens is 270 g/mol. The fourth-order valence-corrected chi connectivity index (χ4v) is 2.84. The number of amides is 1. The minimum Gasteiger partial charge on any atom is -0.356 e. The van der Waals surface area contributed by atoms with E-state index < -0.39 is 0 Å². The molecule has 0 saturated carbocycles. The number of nitrogens with one attached hydrogen (secondary N) is 1. The number of nitrogens with two attached hydrogens (primary N) is 1. The molecule has 0 fully saturated rings. The summed E-state index contributed by atoms with van der Waals surface area (Å²) in [6, 6.07) is -0.0362. The Hall–Kier alpha value is -0.940. The Morgan fingerprint density at radius 1 is 1.40 bits per heavy atom. The lowest BCUT2D eigenvalue weighted by atomic mass is 10.1. The molecule has 1 rings (SSSR count). The molecule has 0 aromatic carbocycles. The molecule has 5 heteroatoms. The molecule has 1 heterocycles. The Morgan fingerprint density at radius 2 is 2.15 bits per heavy atom. The van der Waals surface area contributed by atoms with Crippen LogP contribution >= 0.6 is 11.3 Å². The summed E-state index contributed by atoms with van der Waals surface area (Å²) in [6.45, 7) is 7.10. The quantitative estimate of drug-likeness (QED) is 0.688. The summed E-state index contributed by atoms with van der Waals surface area (Å²) >= 11 is 1.55. The highest BCUT2D eigenvalue weighted by Crippen LogP contribution is 2.22. The summed E-state index contributed by atoms with van der Waals surface area (Å²) in [7, 11) is 0. The highest BCUT2D eigenvalue weighted by Gasteiger charge is 2.15. The van der Waals surface area contributed by atoms with Crippen LogP contribution in [-0.4, -0.2) is 17.4 Å². The fourth-order valence-electron chi connectivity index (χ4n) is 1.85. The van der Waals surface area contributed by atoms with Crippen molar-refractivity contribution in [2.24, 2.45) is 11.7 Å². The number of thiazole rings is 1. The Morgan fingerprint density at radius 3 is 2.80 bits per heavy atom. The van der Waals surface area contributed by atoms with Crippen LogP contribution in [0.2, 0.25) is 0 Å². The molecule has 0 aliphatic rings. The molecule has 0 aliphatic carbocycles. The van der Waals surface area contributed by atoms with Gasteiger partial charge in [-0.1, -0.05) is 40.0 Å². The molecule has 1 unspecified atom stereocenters. The van der Waals surface area contributed by atoms with Crippen molar-refractivity contribution >= 4 is 17.2 Å². The first kappa shape index (κ1) is 17.1. The normalized spacial score (nSPS) is 12.7. The van der Waals surface area contributed by atoms with Gasteiger partial charge < -0.3 is 11.1 Å². The van der Waals surface area contributed by atoms with E-state index in [0.29, 0.717) is 12.3 Å². The van der Waals surface area contributed by atoms with Crippen LogP contribution in [0.3, 0.4) is 0 Å². The highest BCUT2D eigenvalue weighted by molar-refractivity contribution is 7.09. The molecule has 0 radical (unpaired) electrons. The first-order valence-corrected chi connectivity index (χ1v) is 8.39. The number of carbonyl (C=O) groups excluding carboxylic acids is 1. The number of nitrogens with zero attached hydrogens (tertiary/aromatic N) is 1. The summed E-state index contributed by atoms with van der Waals surface area (Å²) in [4.78, 5) is 16.2. The predicted octanol–water partition coefficient (Wildman–Crippen LogP) is 3.04. The van der Waals surface area contributed by atoms with E-state index in [2.05, 4.69) is 31.1 Å². The van der Waals surface area contributed by atoms with Crippen LogP contribution < -0.4 is 11.1 Å². The van der Waals surface area contributed by atoms with Crippen molar-refractivity contribution in [1.82, 2.24) is 10.3 Å². The van der Waals surface area contributed by atoms with Crippen molar-refractivity contribution in [2.45, 2.75) is 58.9 Å². The predicted molar refractivity (Wildman–Crippen MR) is 84.7 cm³/mol. The van der Waals surface area contributed by atoms with Gasteiger partial charge in [-0.25, -0.2) is 4.98 Å². The zero-order chi connectivity index (χ0) is 15.0. The average molecular weight is 297 g/mol. The summed E-state index contributed by atoms with van der Waals surface area (Å²) in [5.41, 5.74) is 6.88. The van der Waals surface area contributed by atoms with E-state index in [-0.39, 0.29) is 11.9 Å². The number of unbranched alkanes of at least 4 members (excludes halogenated alkanes) is 3. The standard InChI is InChI=1S/C15H27N3OS/c1-4-5-6-7-8-17-13(19)9-12-10-20-15(18-12)14(16)11(2)3/h10-11,14H,4-9,16H2,1-3H3,(H,17,19). The summed E-state index contributed by atoms with van der Waals surface area (Å²) in [5.74, 6) is 0.415. The van der Waals surface area contributed by atoms with Gasteiger partial charge in [-0.3, -0.25) is 4.79 Å². The Labute approximate surface area is 126 Å². The van der Waals surface area contributed by atoms with E-state index in [1.807, 2.05) is 5.38 Å². The Kier molecular flexibility index (Phi) is 7.77. The van der Waals surface area contributed by atoms with E-state index in [0.717, 1.165) is 23.7 Å². The maximum absolute atomic E-state index is 11.8. The number of aromatic nitrogens is 1. The maximum Gasteiger partial charge on any atom is 0.226 e. The van der Waals surface area contributed by atoms with Crippen LogP contribution in [-0.2, 0) is 11.2 Å². The monoisotopic (exact) mass is 297 g/mol. The van der Waals surface area contributed by atoms with Crippen LogP contribution in [0.5, 0.6) is 0 Å². The smallest absolute Gasteiger partial charge is 0.226 e. The number of rotatable bonds is 9. The molecule has 1 amide bonds. The Balaban J connectivity index is 2.32. The van der Waals surface area contributed by atoms with Crippen molar-refractivity contribution in [2.75, 3.05) is 6.54 Å². The van der Waals surface area contributed by atoms with E-state index in [1.165, 1.54) is 19.3 Å². The molecule has 0 aliphatic heterocycles. The summed E-state index contributed by atoms with van der Waals surface area (Å²) < 4.78 is 0. The second-order valence-corrected chi connectivity index (χ2v) is 6.42. The third-order valence-corrected chi connectivity index (χ3v) is 4.26. The van der Waals surface area contributed by atoms with Crippen LogP contribution in [0.1, 0.15) is 63.2 Å². The zero-order valence-electron chi connectivity index (χ0n) is 12.8. The lowest BCUT2D eigenvalue weighted by Gasteiger charge is -2.11. The molecular formula is C15H27N3OS. The molecule has 1 aromatic heterocycles. The molecule has 1 aromatic rings. The molecule has 20 heavy (non-hydrogen) atoms. The van der Waals surface area contributed by atoms with E-state index in [1.54, 1.807) is 11.3 Å². The first-order valence-electron chi connectivity index (χ1n) is 7.51. The van der Waals surface area contributed by atoms with Gasteiger partial charge in [0.1, 0.15) is 5.01 Å². The second kappa shape index (κ2) is 9.08. The fraction of sp³-hybridized carbons (Fsp3) is 0.733. The van der Waals surface area contributed by atoms with Crippen LogP contribution in [0.25, 0.3) is 0 Å². The summed E-state index contributed by atoms with van der Waals surface area (Å²) in [5, 5.41) is 5.81. The van der Waals surface area contributed by atoms with Crippen LogP contribution in [0.15, 0.2) is 5.38 Å². The van der Waals surface area contributed by atoms with Crippen LogP contribution in [0, 0.1) is 5.92 Å². The molecule has 0 saturated heterocycles. The van der Waals surface area contributed by atoms with Crippen molar-refractivity contribution in [3.05, 3.63) is 16.1 Å². The van der Waals surface area contributed by atoms with Gasteiger partial charge in [-0.15, -0.1) is 11.3 Å². The topological polar surface area (TPSA) is 68.0 Å². The number of carbonyl (C=O) groups is 1. The zero-order valence-corrected chi connectivity index (χ0v) is 13.6. The molecule has 1 atom stereocenters. The van der Waals surface area contributed by atoms with Crippen molar-refractivity contribution in [3.63, 3.8) is 0 Å². The minimum atomic E-state index is -0.0362. The Bertz CT molecular complexity index is 404. The first-order chi connectivity index (χ1) is 9.54. The highest BCUT2D eigenvalue weighted by atomic mass is 32.1. The summed E-state index contributed by atoms with van der Waals surface area (Å²) in [6.07, 6.45) is 5.04. The molecule has 0 spiro atoms. The van der Waals surface area contributed by atoms with Gasteiger partial charge >= 0.3 is 0 Å². The third-order valence-electron chi connectivity index (χ3n) is 3.27. The largest absolute Gasteiger partial charge is 0.356 e. The lowest BCUT2D eigenvalue weighted by Crippen LogP contribution is -2.26. The van der Waals surface area contributed by atoms with Gasteiger partial charge in [-0.05, 0) is 12.3 Å². The molecule has 4 nitrogen and oxygen atoms in total. The van der Waals surface area contributed by atoms with Gasteiger partial charge in [0.05, 0.1) is 18.2 Å². The van der Waals surface area contributed by atoms with Gasteiger partial charge in [0.2, 0.25) is 5.91 Å². The van der Waals surface area contributed by atoms with Gasteiger partial charge in [0.25, 0.3) is 0 Å². The lowest BCUT2D eigenvalue weighted by molar-refractivity contribution is -0.120. The average Bonchev–Trinajstić information content (AvgIpc) is 2.85. The number of hydrogen-bond donors (Lipinski definition) is 2. The van der Waals surface area contributed by atoms with Gasteiger partial charge in [0.15, 0.2) is 0 Å². The minimum absolute atomic E-state index is 0.0362. The van der Waals surface area contributed by atoms with Crippen molar-refractivity contribution < 1.29 is 4.79 Å². The van der Waals surface area contributed by atoms with Crippen LogP contribution in [0.4, 0.5) is 0 Å². The van der Waals surface area contributed by atoms with Gasteiger partial charge in [0, 0.05) is 11.9 Å². The van der Waals surface area contributed by atoms with Crippen molar-refractivity contribution in [1.29, 1.82) is 0 Å². The second-order valence-electron chi connectivity index (χ2n) is 5.53. The SMILES string of the molecule is CCCCCCNC(=O)Cc1csc(C(N)C(C)C)n1. The van der Waals surface area contributed by atoms with E-state index >= 15 is 0 Å². The molecule has 0 bridgehead atoms. The third kappa shape index (κ3) is 6.01. The van der Waals surface area contributed by atoms with Crippen molar-refractivity contribution in [3.8, 4) is 0 Å². The molecule has 114 valence electrons. The van der Waals surface area contributed by atoms with Gasteiger partial charge in [-0.2, -0.15) is 0 Å². The molecule has 3 N–H and O–H groups in total. The van der Waals surface area contributed by atoms with E-state index in [4.69, 9.17) is 5.73 Å². The van der Waals surface area contributed by atoms with E-state index in [9.17, 15) is 4.79 Å².